The molecule has 0 amide bonds. The van der Waals surface area contributed by atoms with Crippen molar-refractivity contribution < 1.29 is 0 Å². The second-order valence-corrected chi connectivity index (χ2v) is 4.14. The predicted octanol–water partition coefficient (Wildman–Crippen LogP) is 0.738. The van der Waals surface area contributed by atoms with Gasteiger partial charge >= 0.3 is 0 Å². The first kappa shape index (κ1) is 7.56. The zero-order valence-electron chi connectivity index (χ0n) is 7.32. The fourth-order valence-electron chi connectivity index (χ4n) is 2.56. The molecule has 1 aliphatic carbocycles. The molecular formula is C9H18N2. The van der Waals surface area contributed by atoms with E-state index in [-0.39, 0.29) is 0 Å². The summed E-state index contributed by atoms with van der Waals surface area (Å²) in [5.41, 5.74) is 0.749. The first-order chi connectivity index (χ1) is 5.35. The third-order valence-corrected chi connectivity index (χ3v) is 3.43. The quantitative estimate of drug-likeness (QED) is 0.582. The van der Waals surface area contributed by atoms with Crippen LogP contribution in [0.1, 0.15) is 25.7 Å². The SMILES string of the molecule is CNC1CC2(CCNCC2)C1. The van der Waals surface area contributed by atoms with Gasteiger partial charge in [0.15, 0.2) is 0 Å². The summed E-state index contributed by atoms with van der Waals surface area (Å²) in [6.45, 7) is 2.49. The molecule has 2 heteroatoms. The minimum atomic E-state index is 0.749. The Morgan fingerprint density at radius 2 is 1.91 bits per heavy atom. The Balaban J connectivity index is 1.84. The molecule has 0 unspecified atom stereocenters. The molecule has 1 saturated carbocycles. The van der Waals surface area contributed by atoms with Crippen molar-refractivity contribution in [3.8, 4) is 0 Å². The van der Waals surface area contributed by atoms with E-state index in [9.17, 15) is 0 Å². The van der Waals surface area contributed by atoms with E-state index in [1.54, 1.807) is 0 Å². The molecule has 0 aromatic heterocycles. The van der Waals surface area contributed by atoms with Crippen LogP contribution in [0.2, 0.25) is 0 Å². The second-order valence-electron chi connectivity index (χ2n) is 4.14. The molecule has 1 saturated heterocycles. The van der Waals surface area contributed by atoms with Gasteiger partial charge in [0, 0.05) is 6.04 Å². The molecule has 1 spiro atoms. The van der Waals surface area contributed by atoms with E-state index in [0.717, 1.165) is 11.5 Å². The Bertz CT molecular complexity index is 130. The van der Waals surface area contributed by atoms with Crippen LogP contribution >= 0.6 is 0 Å². The average Bonchev–Trinajstić information content (AvgIpc) is 2.01. The lowest BCUT2D eigenvalue weighted by molar-refractivity contribution is 0.0496. The van der Waals surface area contributed by atoms with Crippen LogP contribution in [0.4, 0.5) is 0 Å². The molecule has 2 fully saturated rings. The highest BCUT2D eigenvalue weighted by Crippen LogP contribution is 2.47. The molecule has 64 valence electrons. The molecule has 2 rings (SSSR count). The Morgan fingerprint density at radius 1 is 1.27 bits per heavy atom. The first-order valence-electron chi connectivity index (χ1n) is 4.73. The standard InChI is InChI=1S/C9H18N2/c1-10-8-6-9(7-8)2-4-11-5-3-9/h8,10-11H,2-7H2,1H3. The highest BCUT2D eigenvalue weighted by Gasteiger charge is 2.43. The molecule has 2 nitrogen and oxygen atoms in total. The van der Waals surface area contributed by atoms with Crippen LogP contribution in [0.25, 0.3) is 0 Å². The first-order valence-corrected chi connectivity index (χ1v) is 4.73. The Hall–Kier alpha value is -0.0800. The fourth-order valence-corrected chi connectivity index (χ4v) is 2.56. The summed E-state index contributed by atoms with van der Waals surface area (Å²) < 4.78 is 0. The van der Waals surface area contributed by atoms with Crippen LogP contribution < -0.4 is 10.6 Å². The Morgan fingerprint density at radius 3 is 2.45 bits per heavy atom. The zero-order chi connectivity index (χ0) is 7.73. The van der Waals surface area contributed by atoms with Gasteiger partial charge in [0.1, 0.15) is 0 Å². The van der Waals surface area contributed by atoms with Gasteiger partial charge in [-0.3, -0.25) is 0 Å². The third-order valence-electron chi connectivity index (χ3n) is 3.43. The van der Waals surface area contributed by atoms with Gasteiger partial charge in [0.2, 0.25) is 0 Å². The Kier molecular flexibility index (Phi) is 1.90. The summed E-state index contributed by atoms with van der Waals surface area (Å²) in [6.07, 6.45) is 5.66. The highest BCUT2D eigenvalue weighted by atomic mass is 14.9. The van der Waals surface area contributed by atoms with E-state index >= 15 is 0 Å². The van der Waals surface area contributed by atoms with Gasteiger partial charge < -0.3 is 10.6 Å². The Labute approximate surface area is 68.7 Å². The van der Waals surface area contributed by atoms with Crippen LogP contribution in [0.3, 0.4) is 0 Å². The van der Waals surface area contributed by atoms with Crippen LogP contribution in [0.15, 0.2) is 0 Å². The predicted molar refractivity (Wildman–Crippen MR) is 46.6 cm³/mol. The van der Waals surface area contributed by atoms with E-state index in [2.05, 4.69) is 17.7 Å². The molecule has 0 aromatic rings. The number of rotatable bonds is 1. The van der Waals surface area contributed by atoms with Crippen molar-refractivity contribution in [2.75, 3.05) is 20.1 Å². The van der Waals surface area contributed by atoms with Crippen molar-refractivity contribution in [1.29, 1.82) is 0 Å². The number of hydrogen-bond acceptors (Lipinski definition) is 2. The van der Waals surface area contributed by atoms with Crippen LogP contribution in [-0.2, 0) is 0 Å². The zero-order valence-corrected chi connectivity index (χ0v) is 7.32. The molecule has 1 heterocycles. The van der Waals surface area contributed by atoms with E-state index in [0.29, 0.717) is 0 Å². The van der Waals surface area contributed by atoms with Gasteiger partial charge in [0.25, 0.3) is 0 Å². The van der Waals surface area contributed by atoms with Crippen molar-refractivity contribution in [1.82, 2.24) is 10.6 Å². The summed E-state index contributed by atoms with van der Waals surface area (Å²) in [6, 6.07) is 0.827. The molecule has 11 heavy (non-hydrogen) atoms. The van der Waals surface area contributed by atoms with Crippen molar-refractivity contribution in [2.45, 2.75) is 31.7 Å². The van der Waals surface area contributed by atoms with Crippen molar-refractivity contribution in [2.24, 2.45) is 5.41 Å². The van der Waals surface area contributed by atoms with Crippen molar-refractivity contribution in [3.63, 3.8) is 0 Å². The molecule has 0 aromatic carbocycles. The van der Waals surface area contributed by atoms with Gasteiger partial charge in [0.05, 0.1) is 0 Å². The topological polar surface area (TPSA) is 24.1 Å². The largest absolute Gasteiger partial charge is 0.317 e. The number of piperidine rings is 1. The maximum atomic E-state index is 3.42. The lowest BCUT2D eigenvalue weighted by Gasteiger charge is -2.50. The van der Waals surface area contributed by atoms with Crippen molar-refractivity contribution in [3.05, 3.63) is 0 Å². The minimum absolute atomic E-state index is 0.749. The van der Waals surface area contributed by atoms with Crippen LogP contribution in [0, 0.1) is 5.41 Å². The highest BCUT2D eigenvalue weighted by molar-refractivity contribution is 4.99. The normalized spacial score (nSPS) is 30.3. The summed E-state index contributed by atoms with van der Waals surface area (Å²) in [5, 5.41) is 6.77. The van der Waals surface area contributed by atoms with Gasteiger partial charge in [-0.2, -0.15) is 0 Å². The molecule has 2 aliphatic rings. The number of hydrogen-bond donors (Lipinski definition) is 2. The molecule has 0 atom stereocenters. The van der Waals surface area contributed by atoms with E-state index in [1.165, 1.54) is 38.8 Å². The van der Waals surface area contributed by atoms with Gasteiger partial charge in [-0.05, 0) is 51.2 Å². The van der Waals surface area contributed by atoms with E-state index in [1.807, 2.05) is 0 Å². The summed E-state index contributed by atoms with van der Waals surface area (Å²) in [7, 11) is 2.08. The average molecular weight is 154 g/mol. The van der Waals surface area contributed by atoms with E-state index in [4.69, 9.17) is 0 Å². The smallest absolute Gasteiger partial charge is 0.00746 e. The monoisotopic (exact) mass is 154 g/mol. The van der Waals surface area contributed by atoms with Gasteiger partial charge in [-0.25, -0.2) is 0 Å². The fraction of sp³-hybridized carbons (Fsp3) is 1.00. The molecule has 2 N–H and O–H groups in total. The molecule has 0 radical (unpaired) electrons. The van der Waals surface area contributed by atoms with Crippen molar-refractivity contribution >= 4 is 0 Å². The molecule has 1 aliphatic heterocycles. The maximum Gasteiger partial charge on any atom is 0.00746 e. The van der Waals surface area contributed by atoms with Crippen LogP contribution in [0.5, 0.6) is 0 Å². The maximum absolute atomic E-state index is 3.42. The van der Waals surface area contributed by atoms with E-state index < -0.39 is 0 Å². The summed E-state index contributed by atoms with van der Waals surface area (Å²) in [5.74, 6) is 0. The number of nitrogens with one attached hydrogen (secondary N) is 2. The minimum Gasteiger partial charge on any atom is -0.317 e. The second kappa shape index (κ2) is 2.76. The summed E-state index contributed by atoms with van der Waals surface area (Å²) in [4.78, 5) is 0. The summed E-state index contributed by atoms with van der Waals surface area (Å²) >= 11 is 0. The lowest BCUT2D eigenvalue weighted by atomic mass is 9.61. The molecule has 0 bridgehead atoms. The van der Waals surface area contributed by atoms with Gasteiger partial charge in [-0.1, -0.05) is 0 Å². The third kappa shape index (κ3) is 1.30. The van der Waals surface area contributed by atoms with Gasteiger partial charge in [-0.15, -0.1) is 0 Å². The molecular weight excluding hydrogens is 136 g/mol. The van der Waals surface area contributed by atoms with Crippen LogP contribution in [-0.4, -0.2) is 26.2 Å². The lowest BCUT2D eigenvalue weighted by Crippen LogP contribution is -2.52.